The van der Waals surface area contributed by atoms with Crippen molar-refractivity contribution in [3.8, 4) is 0 Å². The molecule has 0 aliphatic rings. The Morgan fingerprint density at radius 1 is 1.50 bits per heavy atom. The second-order valence-corrected chi connectivity index (χ2v) is 5.48. The van der Waals surface area contributed by atoms with Crippen molar-refractivity contribution >= 4 is 18.0 Å². The number of carbonyl (C=O) groups excluding carboxylic acids is 1. The van der Waals surface area contributed by atoms with Gasteiger partial charge in [-0.1, -0.05) is 13.8 Å². The van der Waals surface area contributed by atoms with Crippen LogP contribution in [0.15, 0.2) is 0 Å². The molecule has 0 saturated heterocycles. The first-order valence-corrected chi connectivity index (χ1v) is 5.57. The van der Waals surface area contributed by atoms with Gasteiger partial charge in [0.1, 0.15) is 5.60 Å². The fourth-order valence-corrected chi connectivity index (χ4v) is 1.19. The highest BCUT2D eigenvalue weighted by atomic mass is 32.2. The molecular formula is C9H20N2O2S. The number of nitrogens with zero attached hydrogens (tertiary/aromatic N) is 1. The van der Waals surface area contributed by atoms with Crippen LogP contribution in [0.2, 0.25) is 0 Å². The summed E-state index contributed by atoms with van der Waals surface area (Å²) in [5.41, 5.74) is -0.493. The lowest BCUT2D eigenvalue weighted by molar-refractivity contribution is 0.0404. The first-order chi connectivity index (χ1) is 6.22. The summed E-state index contributed by atoms with van der Waals surface area (Å²) >= 11 is 1.27. The van der Waals surface area contributed by atoms with E-state index in [0.717, 1.165) is 10.2 Å². The van der Waals surface area contributed by atoms with E-state index in [1.807, 2.05) is 20.8 Å². The predicted octanol–water partition coefficient (Wildman–Crippen LogP) is 2.40. The van der Waals surface area contributed by atoms with Crippen LogP contribution in [0.25, 0.3) is 0 Å². The van der Waals surface area contributed by atoms with Crippen LogP contribution in [0.1, 0.15) is 34.6 Å². The summed E-state index contributed by atoms with van der Waals surface area (Å²) < 4.78 is 6.12. The van der Waals surface area contributed by atoms with Gasteiger partial charge in [0.25, 0.3) is 0 Å². The molecule has 0 spiro atoms. The van der Waals surface area contributed by atoms with E-state index in [-0.39, 0.29) is 0 Å². The van der Waals surface area contributed by atoms with E-state index < -0.39 is 11.7 Å². The van der Waals surface area contributed by atoms with E-state index in [4.69, 9.17) is 10.6 Å². The standard InChI is InChI=1S/C9H20N2O2S/c1-7(2)6-14-11(10)8(12)13-9(3,4)5/h7H,6,10H2,1-5H3. The summed E-state index contributed by atoms with van der Waals surface area (Å²) in [6, 6.07) is 0. The number of amides is 1. The molecule has 0 aliphatic carbocycles. The van der Waals surface area contributed by atoms with Crippen LogP contribution in [-0.2, 0) is 4.74 Å². The lowest BCUT2D eigenvalue weighted by Crippen LogP contribution is -2.37. The molecule has 0 rings (SSSR count). The molecule has 4 nitrogen and oxygen atoms in total. The molecule has 0 aromatic carbocycles. The maximum atomic E-state index is 11.3. The normalized spacial score (nSPS) is 11.6. The SMILES string of the molecule is CC(C)CSN(N)C(=O)OC(C)(C)C. The van der Waals surface area contributed by atoms with Crippen LogP contribution in [0.3, 0.4) is 0 Å². The lowest BCUT2D eigenvalue weighted by atomic mass is 10.2. The first kappa shape index (κ1) is 13.6. The van der Waals surface area contributed by atoms with Gasteiger partial charge in [0.2, 0.25) is 0 Å². The minimum atomic E-state index is -0.497. The Bertz CT molecular complexity index is 190. The fourth-order valence-electron chi connectivity index (χ4n) is 0.589. The Morgan fingerprint density at radius 2 is 2.00 bits per heavy atom. The third-order valence-corrected chi connectivity index (χ3v) is 2.36. The zero-order valence-corrected chi connectivity index (χ0v) is 10.4. The fraction of sp³-hybridized carbons (Fsp3) is 0.889. The summed E-state index contributed by atoms with van der Waals surface area (Å²) in [7, 11) is 0. The maximum absolute atomic E-state index is 11.3. The molecule has 0 saturated carbocycles. The maximum Gasteiger partial charge on any atom is 0.435 e. The summed E-state index contributed by atoms with van der Waals surface area (Å²) in [5.74, 6) is 6.79. The van der Waals surface area contributed by atoms with Gasteiger partial charge in [-0.2, -0.15) is 4.41 Å². The minimum Gasteiger partial charge on any atom is -0.442 e. The van der Waals surface area contributed by atoms with E-state index >= 15 is 0 Å². The minimum absolute atomic E-state index is 0.493. The molecule has 0 heterocycles. The molecule has 0 fully saturated rings. The molecule has 2 N–H and O–H groups in total. The summed E-state index contributed by atoms with van der Waals surface area (Å²) in [6.07, 6.45) is -0.497. The van der Waals surface area contributed by atoms with Crippen molar-refractivity contribution in [2.45, 2.75) is 40.2 Å². The number of nitrogens with two attached hydrogens (primary N) is 1. The van der Waals surface area contributed by atoms with E-state index in [9.17, 15) is 4.79 Å². The van der Waals surface area contributed by atoms with Crippen molar-refractivity contribution in [3.05, 3.63) is 0 Å². The van der Waals surface area contributed by atoms with Gasteiger partial charge >= 0.3 is 6.09 Å². The smallest absolute Gasteiger partial charge is 0.435 e. The van der Waals surface area contributed by atoms with Gasteiger partial charge in [0.15, 0.2) is 0 Å². The average Bonchev–Trinajstić information content (AvgIpc) is 1.96. The number of hydrogen-bond acceptors (Lipinski definition) is 4. The number of rotatable bonds is 3. The zero-order valence-electron chi connectivity index (χ0n) is 9.53. The van der Waals surface area contributed by atoms with Gasteiger partial charge in [0.05, 0.1) is 0 Å². The monoisotopic (exact) mass is 220 g/mol. The molecule has 0 radical (unpaired) electrons. The number of hydrogen-bond donors (Lipinski definition) is 1. The van der Waals surface area contributed by atoms with Crippen molar-refractivity contribution in [2.75, 3.05) is 5.75 Å². The van der Waals surface area contributed by atoms with E-state index in [2.05, 4.69) is 13.8 Å². The Kier molecular flexibility index (Phi) is 5.29. The Morgan fingerprint density at radius 3 is 2.36 bits per heavy atom. The van der Waals surface area contributed by atoms with Crippen molar-refractivity contribution < 1.29 is 9.53 Å². The lowest BCUT2D eigenvalue weighted by Gasteiger charge is -2.23. The highest BCUT2D eigenvalue weighted by Gasteiger charge is 2.20. The molecule has 1 amide bonds. The van der Waals surface area contributed by atoms with Gasteiger partial charge in [-0.25, -0.2) is 10.6 Å². The molecule has 5 heteroatoms. The van der Waals surface area contributed by atoms with Crippen LogP contribution in [0, 0.1) is 5.92 Å². The molecule has 0 atom stereocenters. The van der Waals surface area contributed by atoms with E-state index in [1.165, 1.54) is 11.9 Å². The van der Waals surface area contributed by atoms with Gasteiger partial charge in [-0.3, -0.25) is 0 Å². The molecule has 0 aromatic heterocycles. The Hall–Kier alpha value is -0.420. The van der Waals surface area contributed by atoms with Crippen molar-refractivity contribution in [1.29, 1.82) is 0 Å². The number of ether oxygens (including phenoxy) is 1. The molecular weight excluding hydrogens is 200 g/mol. The summed E-state index contributed by atoms with van der Waals surface area (Å²) in [5, 5.41) is 0. The molecule has 0 aromatic rings. The van der Waals surface area contributed by atoms with Crippen LogP contribution in [-0.4, -0.2) is 21.9 Å². The second-order valence-electron chi connectivity index (χ2n) is 4.50. The van der Waals surface area contributed by atoms with Crippen molar-refractivity contribution in [2.24, 2.45) is 11.8 Å². The molecule has 84 valence electrons. The summed E-state index contributed by atoms with van der Waals surface area (Å²) in [6.45, 7) is 9.56. The third kappa shape index (κ3) is 7.03. The molecule has 0 bridgehead atoms. The number of carbonyl (C=O) groups is 1. The first-order valence-electron chi connectivity index (χ1n) is 4.63. The molecule has 0 unspecified atom stereocenters. The van der Waals surface area contributed by atoms with Gasteiger partial charge in [0, 0.05) is 5.75 Å². The topological polar surface area (TPSA) is 55.6 Å². The van der Waals surface area contributed by atoms with Gasteiger partial charge in [-0.15, -0.1) is 0 Å². The van der Waals surface area contributed by atoms with Crippen molar-refractivity contribution in [3.63, 3.8) is 0 Å². The third-order valence-electron chi connectivity index (χ3n) is 1.12. The Balaban J connectivity index is 3.88. The van der Waals surface area contributed by atoms with Crippen molar-refractivity contribution in [1.82, 2.24) is 4.41 Å². The van der Waals surface area contributed by atoms with Crippen LogP contribution in [0.5, 0.6) is 0 Å². The average molecular weight is 220 g/mol. The number of hydrazine groups is 1. The molecule has 14 heavy (non-hydrogen) atoms. The van der Waals surface area contributed by atoms with Crippen LogP contribution >= 0.6 is 11.9 Å². The van der Waals surface area contributed by atoms with E-state index in [1.54, 1.807) is 0 Å². The Labute approximate surface area is 90.3 Å². The predicted molar refractivity (Wildman–Crippen MR) is 59.6 cm³/mol. The van der Waals surface area contributed by atoms with Crippen LogP contribution < -0.4 is 5.84 Å². The second kappa shape index (κ2) is 5.46. The zero-order chi connectivity index (χ0) is 11.4. The molecule has 0 aliphatic heterocycles. The highest BCUT2D eigenvalue weighted by molar-refractivity contribution is 7.97. The van der Waals surface area contributed by atoms with Crippen LogP contribution in [0.4, 0.5) is 4.79 Å². The van der Waals surface area contributed by atoms with Gasteiger partial charge < -0.3 is 4.74 Å². The van der Waals surface area contributed by atoms with Gasteiger partial charge in [-0.05, 0) is 38.6 Å². The quantitative estimate of drug-likeness (QED) is 0.343. The highest BCUT2D eigenvalue weighted by Crippen LogP contribution is 2.15. The van der Waals surface area contributed by atoms with E-state index in [0.29, 0.717) is 5.92 Å². The summed E-state index contributed by atoms with van der Waals surface area (Å²) in [4.78, 5) is 11.3. The largest absolute Gasteiger partial charge is 0.442 e.